The fourth-order valence-electron chi connectivity index (χ4n) is 1.97. The molecule has 0 bridgehead atoms. The molecular weight excluding hydrogens is 385 g/mol. The van der Waals surface area contributed by atoms with Gasteiger partial charge in [0.15, 0.2) is 22.6 Å². The van der Waals surface area contributed by atoms with Crippen LogP contribution in [0.3, 0.4) is 0 Å². The van der Waals surface area contributed by atoms with E-state index in [0.717, 1.165) is 0 Å². The minimum absolute atomic E-state index is 0.260. The molecule has 0 radical (unpaired) electrons. The van der Waals surface area contributed by atoms with Gasteiger partial charge in [-0.25, -0.2) is 4.98 Å². The van der Waals surface area contributed by atoms with Crippen LogP contribution in [0.4, 0.5) is 5.82 Å². The van der Waals surface area contributed by atoms with Crippen molar-refractivity contribution >= 4 is 46.7 Å². The Morgan fingerprint density at radius 3 is 2.88 bits per heavy atom. The molecular formula is C15H13Cl2N5O2S. The third kappa shape index (κ3) is 3.97. The van der Waals surface area contributed by atoms with Gasteiger partial charge in [0.1, 0.15) is 0 Å². The number of carbonyl (C=O) groups excluding carboxylic acids is 1. The molecule has 3 aromatic rings. The largest absolute Gasteiger partial charge is 0.461 e. The van der Waals surface area contributed by atoms with E-state index in [4.69, 9.17) is 27.6 Å². The number of hydrogen-bond acceptors (Lipinski definition) is 6. The summed E-state index contributed by atoms with van der Waals surface area (Å²) in [7, 11) is 1.81. The van der Waals surface area contributed by atoms with Crippen LogP contribution in [0.15, 0.2) is 40.2 Å². The Balaban J connectivity index is 1.69. The van der Waals surface area contributed by atoms with Crippen molar-refractivity contribution in [2.75, 3.05) is 5.32 Å². The standard InChI is InChI=1S/C15H13Cl2N5O2S/c1-8(14(23)19-12-10(17)6-9(16)7-18-12)25-15-21-20-13(22(15)2)11-4-3-5-24-11/h3-8H,1-2H3,(H,18,19,23)/t8-/m1/s1. The molecule has 25 heavy (non-hydrogen) atoms. The highest BCUT2D eigenvalue weighted by Crippen LogP contribution is 2.27. The van der Waals surface area contributed by atoms with Crippen molar-refractivity contribution in [3.63, 3.8) is 0 Å². The van der Waals surface area contributed by atoms with Crippen molar-refractivity contribution < 1.29 is 9.21 Å². The molecule has 0 aromatic carbocycles. The van der Waals surface area contributed by atoms with E-state index >= 15 is 0 Å². The van der Waals surface area contributed by atoms with Gasteiger partial charge in [-0.05, 0) is 25.1 Å². The molecule has 1 atom stereocenters. The number of aromatic nitrogens is 4. The molecule has 0 aliphatic heterocycles. The van der Waals surface area contributed by atoms with Crippen molar-refractivity contribution in [2.45, 2.75) is 17.3 Å². The van der Waals surface area contributed by atoms with Gasteiger partial charge in [0.05, 0.1) is 21.6 Å². The number of carbonyl (C=O) groups is 1. The van der Waals surface area contributed by atoms with Crippen LogP contribution in [0.1, 0.15) is 6.92 Å². The first-order valence-corrected chi connectivity index (χ1v) is 8.81. The lowest BCUT2D eigenvalue weighted by Gasteiger charge is -2.12. The molecule has 3 rings (SSSR count). The number of anilines is 1. The van der Waals surface area contributed by atoms with Crippen molar-refractivity contribution in [3.8, 4) is 11.6 Å². The SMILES string of the molecule is C[C@@H](Sc1nnc(-c2ccco2)n1C)C(=O)Nc1ncc(Cl)cc1Cl. The number of amides is 1. The van der Waals surface area contributed by atoms with Crippen LogP contribution in [-0.4, -0.2) is 30.9 Å². The zero-order chi connectivity index (χ0) is 18.0. The summed E-state index contributed by atoms with van der Waals surface area (Å²) in [6, 6.07) is 5.08. The first-order chi connectivity index (χ1) is 12.0. The highest BCUT2D eigenvalue weighted by Gasteiger charge is 2.21. The predicted molar refractivity (Wildman–Crippen MR) is 96.9 cm³/mol. The Morgan fingerprint density at radius 2 is 2.20 bits per heavy atom. The quantitative estimate of drug-likeness (QED) is 0.657. The second-order valence-electron chi connectivity index (χ2n) is 5.08. The van der Waals surface area contributed by atoms with Crippen molar-refractivity contribution in [1.82, 2.24) is 19.7 Å². The van der Waals surface area contributed by atoms with E-state index in [0.29, 0.717) is 21.8 Å². The molecule has 0 spiro atoms. The van der Waals surface area contributed by atoms with Crippen LogP contribution < -0.4 is 5.32 Å². The van der Waals surface area contributed by atoms with Crippen molar-refractivity contribution in [3.05, 3.63) is 40.7 Å². The zero-order valence-corrected chi connectivity index (χ0v) is 15.6. The van der Waals surface area contributed by atoms with Gasteiger partial charge in [-0.3, -0.25) is 4.79 Å². The number of nitrogens with zero attached hydrogens (tertiary/aromatic N) is 4. The first-order valence-electron chi connectivity index (χ1n) is 7.17. The summed E-state index contributed by atoms with van der Waals surface area (Å²) in [5.41, 5.74) is 0. The van der Waals surface area contributed by atoms with Gasteiger partial charge < -0.3 is 14.3 Å². The number of halogens is 2. The van der Waals surface area contributed by atoms with E-state index in [1.165, 1.54) is 24.0 Å². The Kier molecular flexibility index (Phi) is 5.31. The van der Waals surface area contributed by atoms with Crippen LogP contribution in [-0.2, 0) is 11.8 Å². The van der Waals surface area contributed by atoms with E-state index in [9.17, 15) is 4.79 Å². The maximum atomic E-state index is 12.4. The van der Waals surface area contributed by atoms with Gasteiger partial charge in [-0.15, -0.1) is 10.2 Å². The minimum atomic E-state index is -0.444. The molecule has 7 nitrogen and oxygen atoms in total. The number of rotatable bonds is 5. The van der Waals surface area contributed by atoms with E-state index in [1.807, 2.05) is 7.05 Å². The van der Waals surface area contributed by atoms with E-state index in [-0.39, 0.29) is 16.7 Å². The summed E-state index contributed by atoms with van der Waals surface area (Å²) in [6.45, 7) is 1.76. The molecule has 0 aliphatic carbocycles. The third-order valence-corrected chi connectivity index (χ3v) is 4.91. The van der Waals surface area contributed by atoms with Gasteiger partial charge in [0, 0.05) is 13.2 Å². The third-order valence-electron chi connectivity index (χ3n) is 3.28. The summed E-state index contributed by atoms with van der Waals surface area (Å²) < 4.78 is 7.09. The minimum Gasteiger partial charge on any atom is -0.461 e. The van der Waals surface area contributed by atoms with E-state index in [2.05, 4.69) is 20.5 Å². The van der Waals surface area contributed by atoms with Gasteiger partial charge in [0.2, 0.25) is 5.91 Å². The molecule has 1 N–H and O–H groups in total. The molecule has 3 aromatic heterocycles. The molecule has 0 saturated carbocycles. The second kappa shape index (κ2) is 7.47. The van der Waals surface area contributed by atoms with Crippen LogP contribution >= 0.6 is 35.0 Å². The maximum Gasteiger partial charge on any atom is 0.238 e. The number of furan rings is 1. The van der Waals surface area contributed by atoms with Gasteiger partial charge >= 0.3 is 0 Å². The smallest absolute Gasteiger partial charge is 0.238 e. The summed E-state index contributed by atoms with van der Waals surface area (Å²) in [6.07, 6.45) is 2.98. The number of nitrogens with one attached hydrogen (secondary N) is 1. The molecule has 3 heterocycles. The summed E-state index contributed by atoms with van der Waals surface area (Å²) in [5.74, 6) is 1.20. The topological polar surface area (TPSA) is 85.8 Å². The molecule has 130 valence electrons. The average Bonchev–Trinajstić information content (AvgIpc) is 3.20. The molecule has 0 unspecified atom stereocenters. The summed E-state index contributed by atoms with van der Waals surface area (Å²) >= 11 is 13.1. The predicted octanol–water partition coefficient (Wildman–Crippen LogP) is 3.90. The van der Waals surface area contributed by atoms with E-state index < -0.39 is 5.25 Å². The Hall–Kier alpha value is -2.03. The number of thioether (sulfide) groups is 1. The lowest BCUT2D eigenvalue weighted by Crippen LogP contribution is -2.23. The molecule has 0 saturated heterocycles. The number of pyridine rings is 1. The highest BCUT2D eigenvalue weighted by molar-refractivity contribution is 8.00. The number of hydrogen-bond donors (Lipinski definition) is 1. The van der Waals surface area contributed by atoms with Crippen LogP contribution in [0.2, 0.25) is 10.0 Å². The Morgan fingerprint density at radius 1 is 1.40 bits per heavy atom. The van der Waals surface area contributed by atoms with Crippen molar-refractivity contribution in [1.29, 1.82) is 0 Å². The van der Waals surface area contributed by atoms with Crippen LogP contribution in [0.5, 0.6) is 0 Å². The molecule has 0 fully saturated rings. The second-order valence-corrected chi connectivity index (χ2v) is 7.23. The zero-order valence-electron chi connectivity index (χ0n) is 13.2. The molecule has 10 heteroatoms. The lowest BCUT2D eigenvalue weighted by molar-refractivity contribution is -0.115. The maximum absolute atomic E-state index is 12.4. The van der Waals surface area contributed by atoms with Crippen LogP contribution in [0.25, 0.3) is 11.6 Å². The molecule has 0 aliphatic rings. The van der Waals surface area contributed by atoms with Crippen LogP contribution in [0, 0.1) is 0 Å². The fraction of sp³-hybridized carbons (Fsp3) is 0.200. The van der Waals surface area contributed by atoms with E-state index in [1.54, 1.807) is 29.9 Å². The monoisotopic (exact) mass is 397 g/mol. The Bertz CT molecular complexity index is 897. The average molecular weight is 398 g/mol. The van der Waals surface area contributed by atoms with Gasteiger partial charge in [0.25, 0.3) is 0 Å². The molecule has 1 amide bonds. The fourth-order valence-corrected chi connectivity index (χ4v) is 3.22. The normalized spacial score (nSPS) is 12.2. The Labute approximate surface area is 157 Å². The lowest BCUT2D eigenvalue weighted by atomic mass is 10.4. The highest BCUT2D eigenvalue weighted by atomic mass is 35.5. The van der Waals surface area contributed by atoms with Crippen molar-refractivity contribution in [2.24, 2.45) is 7.05 Å². The first kappa shape index (κ1) is 17.8. The van der Waals surface area contributed by atoms with Gasteiger partial charge in [-0.1, -0.05) is 35.0 Å². The summed E-state index contributed by atoms with van der Waals surface area (Å²) in [4.78, 5) is 16.4. The van der Waals surface area contributed by atoms with Gasteiger partial charge in [-0.2, -0.15) is 0 Å². The summed E-state index contributed by atoms with van der Waals surface area (Å²) in [5, 5.41) is 11.7.